The Hall–Kier alpha value is -3.17. The number of carbonyl (C=O) groups excluding carboxylic acids is 3. The smallest absolute Gasteiger partial charge is 0.328 e. The zero-order valence-electron chi connectivity index (χ0n) is 15.9. The van der Waals surface area contributed by atoms with Gasteiger partial charge in [0, 0.05) is 28.2 Å². The van der Waals surface area contributed by atoms with Crippen molar-refractivity contribution in [1.82, 2.24) is 9.80 Å². The zero-order chi connectivity index (χ0) is 22.7. The number of hydrogen-bond donors (Lipinski definition) is 1. The summed E-state index contributed by atoms with van der Waals surface area (Å²) < 4.78 is 14.2. The Morgan fingerprint density at radius 2 is 1.65 bits per heavy atom. The van der Waals surface area contributed by atoms with Crippen molar-refractivity contribution in [3.63, 3.8) is 0 Å². The van der Waals surface area contributed by atoms with Gasteiger partial charge in [-0.1, -0.05) is 23.2 Å². The molecule has 1 N–H and O–H groups in total. The zero-order valence-corrected chi connectivity index (χ0v) is 17.4. The van der Waals surface area contributed by atoms with Crippen LogP contribution in [0.4, 0.5) is 14.9 Å². The van der Waals surface area contributed by atoms with Gasteiger partial charge in [-0.15, -0.1) is 0 Å². The minimum Gasteiger partial charge on any atom is -0.480 e. The first-order valence-electron chi connectivity index (χ1n) is 8.96. The summed E-state index contributed by atoms with van der Waals surface area (Å²) in [7, 11) is 1.25. The van der Waals surface area contributed by atoms with E-state index >= 15 is 0 Å². The molecule has 4 rings (SSSR count). The quantitative estimate of drug-likeness (QED) is 0.552. The Labute approximate surface area is 185 Å². The molecule has 1 spiro atoms. The van der Waals surface area contributed by atoms with Crippen LogP contribution in [0.25, 0.3) is 0 Å². The van der Waals surface area contributed by atoms with E-state index in [9.17, 15) is 28.7 Å². The van der Waals surface area contributed by atoms with Crippen LogP contribution >= 0.6 is 23.2 Å². The number of hydrogen-bond acceptors (Lipinski definition) is 4. The fourth-order valence-corrected chi connectivity index (χ4v) is 4.37. The number of aliphatic carboxylic acids is 1. The first-order chi connectivity index (χ1) is 14.6. The second-order valence-corrected chi connectivity index (χ2v) is 8.00. The molecule has 1 fully saturated rings. The number of nitrogens with zero attached hydrogens (tertiary/aromatic N) is 3. The summed E-state index contributed by atoms with van der Waals surface area (Å²) in [5, 5.41) is 9.64. The molecule has 0 radical (unpaired) electrons. The highest BCUT2D eigenvalue weighted by Crippen LogP contribution is 2.49. The van der Waals surface area contributed by atoms with Crippen LogP contribution < -0.4 is 4.90 Å². The van der Waals surface area contributed by atoms with E-state index in [2.05, 4.69) is 0 Å². The van der Waals surface area contributed by atoms with Gasteiger partial charge in [-0.05, 0) is 36.4 Å². The number of carbonyl (C=O) groups is 4. The first-order valence-corrected chi connectivity index (χ1v) is 9.72. The van der Waals surface area contributed by atoms with E-state index in [1.54, 1.807) is 0 Å². The molecule has 0 aromatic heterocycles. The van der Waals surface area contributed by atoms with Crippen molar-refractivity contribution in [2.24, 2.45) is 0 Å². The molecule has 8 nitrogen and oxygen atoms in total. The van der Waals surface area contributed by atoms with E-state index in [0.717, 1.165) is 20.8 Å². The Balaban J connectivity index is 1.85. The molecule has 2 aliphatic heterocycles. The van der Waals surface area contributed by atoms with Crippen LogP contribution in [0, 0.1) is 5.82 Å². The number of anilines is 1. The van der Waals surface area contributed by atoms with Crippen molar-refractivity contribution < 1.29 is 28.7 Å². The summed E-state index contributed by atoms with van der Waals surface area (Å²) in [4.78, 5) is 53.9. The highest BCUT2D eigenvalue weighted by molar-refractivity contribution is 6.32. The van der Waals surface area contributed by atoms with E-state index in [0.29, 0.717) is 0 Å². The molecule has 4 amide bonds. The lowest BCUT2D eigenvalue weighted by atomic mass is 9.90. The molecule has 0 saturated carbocycles. The predicted octanol–water partition coefficient (Wildman–Crippen LogP) is 2.85. The molecule has 2 aromatic rings. The molecule has 1 unspecified atom stereocenters. The van der Waals surface area contributed by atoms with Gasteiger partial charge in [0.2, 0.25) is 5.54 Å². The fourth-order valence-electron chi connectivity index (χ4n) is 4.00. The molecule has 0 bridgehead atoms. The number of rotatable bonds is 4. The third kappa shape index (κ3) is 2.95. The molecular weight excluding hydrogens is 452 g/mol. The molecule has 1 atom stereocenters. The number of imide groups is 1. The number of fused-ring (bicyclic) bond motifs is 2. The highest BCUT2D eigenvalue weighted by Gasteiger charge is 2.67. The maximum atomic E-state index is 14.2. The normalized spacial score (nSPS) is 20.3. The van der Waals surface area contributed by atoms with Crippen LogP contribution in [0.3, 0.4) is 0 Å². The monoisotopic (exact) mass is 465 g/mol. The van der Waals surface area contributed by atoms with Crippen LogP contribution in [0.5, 0.6) is 0 Å². The number of urea groups is 1. The molecule has 1 saturated heterocycles. The summed E-state index contributed by atoms with van der Waals surface area (Å²) in [6.07, 6.45) is 0. The maximum Gasteiger partial charge on any atom is 0.328 e. The van der Waals surface area contributed by atoms with Crippen molar-refractivity contribution in [1.29, 1.82) is 0 Å². The number of benzene rings is 2. The van der Waals surface area contributed by atoms with Crippen LogP contribution in [0.15, 0.2) is 36.4 Å². The van der Waals surface area contributed by atoms with Crippen LogP contribution in [-0.4, -0.2) is 52.3 Å². The van der Waals surface area contributed by atoms with Gasteiger partial charge in [-0.3, -0.25) is 24.2 Å². The third-order valence-corrected chi connectivity index (χ3v) is 5.87. The van der Waals surface area contributed by atoms with Gasteiger partial charge in [0.25, 0.3) is 11.8 Å². The summed E-state index contributed by atoms with van der Waals surface area (Å²) in [6.45, 7) is -1.17. The molecule has 11 heteroatoms. The van der Waals surface area contributed by atoms with Crippen molar-refractivity contribution >= 4 is 52.7 Å². The lowest BCUT2D eigenvalue weighted by molar-refractivity contribution is -0.143. The van der Waals surface area contributed by atoms with E-state index in [1.165, 1.54) is 37.4 Å². The van der Waals surface area contributed by atoms with E-state index in [1.807, 2.05) is 0 Å². The van der Waals surface area contributed by atoms with Crippen molar-refractivity contribution in [2.75, 3.05) is 18.5 Å². The van der Waals surface area contributed by atoms with Crippen LogP contribution in [-0.2, 0) is 26.5 Å². The minimum absolute atomic E-state index is 0.0150. The van der Waals surface area contributed by atoms with Crippen molar-refractivity contribution in [3.8, 4) is 0 Å². The Bertz CT molecular complexity index is 1170. The Morgan fingerprint density at radius 3 is 2.32 bits per heavy atom. The molecule has 160 valence electrons. The second kappa shape index (κ2) is 7.21. The Morgan fingerprint density at radius 1 is 1.03 bits per heavy atom. The molecule has 2 aromatic carbocycles. The van der Waals surface area contributed by atoms with E-state index in [-0.39, 0.29) is 26.9 Å². The molecule has 31 heavy (non-hydrogen) atoms. The minimum atomic E-state index is -2.14. The summed E-state index contributed by atoms with van der Waals surface area (Å²) >= 11 is 12.0. The fraction of sp³-hybridized carbons (Fsp3) is 0.200. The van der Waals surface area contributed by atoms with Crippen molar-refractivity contribution in [3.05, 3.63) is 63.4 Å². The van der Waals surface area contributed by atoms with Gasteiger partial charge in [0.05, 0.1) is 12.2 Å². The van der Waals surface area contributed by atoms with E-state index < -0.39 is 48.3 Å². The van der Waals surface area contributed by atoms with Gasteiger partial charge in [0.15, 0.2) is 0 Å². The van der Waals surface area contributed by atoms with Gasteiger partial charge < -0.3 is 10.0 Å². The standard InChI is InChI=1S/C20H14Cl2FN3O5/c1-24-19(31)26(8-10-6-11(21)2-4-14(10)23)18(30)20(24)13-7-12(22)3-5-15(13)25(17(20)29)9-16(27)28/h2-7H,8-9H2,1H3,(H,27,28). The molecule has 2 heterocycles. The topological polar surface area (TPSA) is 98.2 Å². The lowest BCUT2D eigenvalue weighted by Gasteiger charge is -2.27. The van der Waals surface area contributed by atoms with Gasteiger partial charge in [0.1, 0.15) is 12.4 Å². The van der Waals surface area contributed by atoms with Gasteiger partial charge in [-0.25, -0.2) is 9.18 Å². The highest BCUT2D eigenvalue weighted by atomic mass is 35.5. The largest absolute Gasteiger partial charge is 0.480 e. The van der Waals surface area contributed by atoms with Gasteiger partial charge in [-0.2, -0.15) is 0 Å². The predicted molar refractivity (Wildman–Crippen MR) is 108 cm³/mol. The number of carboxylic acid groups (broad SMARTS) is 1. The molecule has 0 aliphatic carbocycles. The van der Waals surface area contributed by atoms with Crippen LogP contribution in [0.1, 0.15) is 11.1 Å². The Kier molecular flexibility index (Phi) is 4.90. The average molecular weight is 466 g/mol. The number of amides is 4. The average Bonchev–Trinajstić information content (AvgIpc) is 3.05. The van der Waals surface area contributed by atoms with E-state index in [4.69, 9.17) is 23.2 Å². The summed E-state index contributed by atoms with van der Waals surface area (Å²) in [5.74, 6) is -3.81. The maximum absolute atomic E-state index is 14.2. The SMILES string of the molecule is CN1C(=O)N(Cc2cc(Cl)ccc2F)C(=O)C12C(=O)N(CC(=O)O)c1ccc(Cl)cc12. The second-order valence-electron chi connectivity index (χ2n) is 7.13. The number of carboxylic acids is 1. The first kappa shape index (κ1) is 21.1. The van der Waals surface area contributed by atoms with Gasteiger partial charge >= 0.3 is 12.0 Å². The molecule has 2 aliphatic rings. The number of likely N-dealkylation sites (N-methyl/N-ethyl adjacent to an activating group) is 1. The van der Waals surface area contributed by atoms with Crippen molar-refractivity contribution in [2.45, 2.75) is 12.1 Å². The number of halogens is 3. The summed E-state index contributed by atoms with van der Waals surface area (Å²) in [5.41, 5.74) is -1.91. The summed E-state index contributed by atoms with van der Waals surface area (Å²) in [6, 6.07) is 7.07. The lowest BCUT2D eigenvalue weighted by Crippen LogP contribution is -2.53. The third-order valence-electron chi connectivity index (χ3n) is 5.40. The van der Waals surface area contributed by atoms with Crippen LogP contribution in [0.2, 0.25) is 10.0 Å². The molecular formula is C20H14Cl2FN3O5.